The molecule has 0 radical (unpaired) electrons. The minimum Gasteiger partial charge on any atom is -0.322 e. The molecule has 0 heterocycles. The monoisotopic (exact) mass is 295 g/mol. The van der Waals surface area contributed by atoms with Crippen LogP contribution in [0.1, 0.15) is 15.9 Å². The summed E-state index contributed by atoms with van der Waals surface area (Å²) in [5.41, 5.74) is 1.24. The van der Waals surface area contributed by atoms with E-state index in [1.807, 2.05) is 0 Å². The molecule has 0 unspecified atom stereocenters. The van der Waals surface area contributed by atoms with Crippen LogP contribution in [0.4, 0.5) is 10.1 Å². The first-order valence-corrected chi connectivity index (χ1v) is 6.36. The Morgan fingerprint density at radius 3 is 2.79 bits per heavy atom. The van der Waals surface area contributed by atoms with Crippen LogP contribution in [-0.2, 0) is 0 Å². The number of amides is 1. The number of halogens is 2. The van der Waals surface area contributed by atoms with E-state index in [4.69, 9.17) is 11.6 Å². The van der Waals surface area contributed by atoms with Gasteiger partial charge < -0.3 is 5.32 Å². The lowest BCUT2D eigenvalue weighted by atomic mass is 10.1. The summed E-state index contributed by atoms with van der Waals surface area (Å²) in [6.07, 6.45) is 0. The van der Waals surface area contributed by atoms with E-state index < -0.39 is 11.7 Å². The van der Waals surface area contributed by atoms with Crippen molar-refractivity contribution < 1.29 is 9.18 Å². The molecular weight excluding hydrogens is 285 g/mol. The third-order valence-electron chi connectivity index (χ3n) is 2.71. The highest BCUT2D eigenvalue weighted by Gasteiger charge is 2.13. The molecule has 19 heavy (non-hydrogen) atoms. The first-order valence-electron chi connectivity index (χ1n) is 5.54. The van der Waals surface area contributed by atoms with Crippen molar-refractivity contribution >= 4 is 35.8 Å². The van der Waals surface area contributed by atoms with Crippen LogP contribution in [0.25, 0.3) is 0 Å². The van der Waals surface area contributed by atoms with Crippen molar-refractivity contribution in [2.45, 2.75) is 11.8 Å². The fraction of sp³-hybridized carbons (Fsp3) is 0.0714. The highest BCUT2D eigenvalue weighted by atomic mass is 35.5. The molecule has 0 saturated heterocycles. The normalized spacial score (nSPS) is 10.3. The molecule has 98 valence electrons. The zero-order valence-electron chi connectivity index (χ0n) is 10.1. The molecule has 0 aliphatic heterocycles. The zero-order valence-corrected chi connectivity index (χ0v) is 11.7. The van der Waals surface area contributed by atoms with Crippen LogP contribution >= 0.6 is 24.2 Å². The van der Waals surface area contributed by atoms with Gasteiger partial charge in [-0.1, -0.05) is 17.7 Å². The van der Waals surface area contributed by atoms with Gasteiger partial charge in [-0.25, -0.2) is 4.39 Å². The van der Waals surface area contributed by atoms with Crippen LogP contribution in [0.15, 0.2) is 41.3 Å². The summed E-state index contributed by atoms with van der Waals surface area (Å²) < 4.78 is 13.6. The highest BCUT2D eigenvalue weighted by molar-refractivity contribution is 7.80. The predicted molar refractivity (Wildman–Crippen MR) is 77.8 cm³/mol. The molecule has 2 nitrogen and oxygen atoms in total. The third kappa shape index (κ3) is 3.08. The number of hydrogen-bond acceptors (Lipinski definition) is 2. The third-order valence-corrected chi connectivity index (χ3v) is 3.40. The number of carbonyl (C=O) groups excluding carboxylic acids is 1. The van der Waals surface area contributed by atoms with Gasteiger partial charge in [0.05, 0.1) is 5.56 Å². The number of benzene rings is 2. The quantitative estimate of drug-likeness (QED) is 0.793. The molecule has 0 aliphatic carbocycles. The van der Waals surface area contributed by atoms with Gasteiger partial charge in [0.1, 0.15) is 5.82 Å². The Morgan fingerprint density at radius 2 is 2.05 bits per heavy atom. The van der Waals surface area contributed by atoms with Crippen LogP contribution in [-0.4, -0.2) is 5.91 Å². The van der Waals surface area contributed by atoms with Crippen LogP contribution in [0.2, 0.25) is 5.02 Å². The van der Waals surface area contributed by atoms with Crippen molar-refractivity contribution in [3.63, 3.8) is 0 Å². The number of anilines is 1. The minimum atomic E-state index is -0.588. The van der Waals surface area contributed by atoms with E-state index in [1.54, 1.807) is 25.1 Å². The molecule has 0 saturated carbocycles. The van der Waals surface area contributed by atoms with E-state index >= 15 is 0 Å². The van der Waals surface area contributed by atoms with Gasteiger partial charge in [-0.15, -0.1) is 12.6 Å². The van der Waals surface area contributed by atoms with Crippen molar-refractivity contribution in [2.24, 2.45) is 0 Å². The van der Waals surface area contributed by atoms with Crippen LogP contribution in [0.5, 0.6) is 0 Å². The molecule has 0 aliphatic rings. The molecule has 5 heteroatoms. The molecule has 0 atom stereocenters. The Morgan fingerprint density at radius 1 is 1.32 bits per heavy atom. The summed E-state index contributed by atoms with van der Waals surface area (Å²) in [4.78, 5) is 12.5. The van der Waals surface area contributed by atoms with Crippen molar-refractivity contribution in [1.82, 2.24) is 0 Å². The minimum absolute atomic E-state index is 0.0492. The lowest BCUT2D eigenvalue weighted by Crippen LogP contribution is -2.14. The average Bonchev–Trinajstić information content (AvgIpc) is 2.38. The van der Waals surface area contributed by atoms with Gasteiger partial charge in [0.25, 0.3) is 5.91 Å². The SMILES string of the molecule is Cc1c(Cl)cccc1NC(=O)c1cc(S)ccc1F. The summed E-state index contributed by atoms with van der Waals surface area (Å²) >= 11 is 10.1. The highest BCUT2D eigenvalue weighted by Crippen LogP contribution is 2.24. The second kappa shape index (κ2) is 5.63. The van der Waals surface area contributed by atoms with Gasteiger partial charge in [0.2, 0.25) is 0 Å². The second-order valence-electron chi connectivity index (χ2n) is 4.03. The smallest absolute Gasteiger partial charge is 0.258 e. The van der Waals surface area contributed by atoms with E-state index in [0.717, 1.165) is 5.56 Å². The molecule has 0 spiro atoms. The molecule has 1 amide bonds. The van der Waals surface area contributed by atoms with Crippen LogP contribution in [0, 0.1) is 12.7 Å². The molecule has 2 rings (SSSR count). The largest absolute Gasteiger partial charge is 0.322 e. The maximum atomic E-state index is 13.6. The first-order chi connectivity index (χ1) is 8.99. The van der Waals surface area contributed by atoms with Crippen molar-refractivity contribution in [2.75, 3.05) is 5.32 Å². The van der Waals surface area contributed by atoms with Gasteiger partial charge >= 0.3 is 0 Å². The standard InChI is InChI=1S/C14H11ClFNOS/c1-8-11(15)3-2-4-13(8)17-14(18)10-7-9(19)5-6-12(10)16/h2-7,19H,1H3,(H,17,18). The number of hydrogen-bond donors (Lipinski definition) is 2. The van der Waals surface area contributed by atoms with E-state index in [2.05, 4.69) is 17.9 Å². The Hall–Kier alpha value is -1.52. The predicted octanol–water partition coefficient (Wildman–Crippen LogP) is 4.33. The lowest BCUT2D eigenvalue weighted by molar-refractivity contribution is 0.102. The van der Waals surface area contributed by atoms with E-state index in [9.17, 15) is 9.18 Å². The number of nitrogens with one attached hydrogen (secondary N) is 1. The molecular formula is C14H11ClFNOS. The zero-order chi connectivity index (χ0) is 14.0. The number of rotatable bonds is 2. The maximum absolute atomic E-state index is 13.6. The van der Waals surface area contributed by atoms with Crippen LogP contribution < -0.4 is 5.32 Å². The fourth-order valence-corrected chi connectivity index (χ4v) is 2.00. The molecule has 2 aromatic carbocycles. The first kappa shape index (κ1) is 13.9. The Balaban J connectivity index is 2.31. The summed E-state index contributed by atoms with van der Waals surface area (Å²) in [6, 6.07) is 9.23. The number of carbonyl (C=O) groups is 1. The van der Waals surface area contributed by atoms with Gasteiger partial charge in [-0.2, -0.15) is 0 Å². The van der Waals surface area contributed by atoms with E-state index in [0.29, 0.717) is 15.6 Å². The Bertz CT molecular complexity index is 645. The average molecular weight is 296 g/mol. The summed E-state index contributed by atoms with van der Waals surface area (Å²) in [5.74, 6) is -1.12. The molecule has 0 fully saturated rings. The Labute approximate surface area is 121 Å². The van der Waals surface area contributed by atoms with Crippen molar-refractivity contribution in [1.29, 1.82) is 0 Å². The summed E-state index contributed by atoms with van der Waals surface area (Å²) in [7, 11) is 0. The van der Waals surface area contributed by atoms with Crippen LogP contribution in [0.3, 0.4) is 0 Å². The maximum Gasteiger partial charge on any atom is 0.258 e. The topological polar surface area (TPSA) is 29.1 Å². The van der Waals surface area contributed by atoms with E-state index in [1.165, 1.54) is 18.2 Å². The molecule has 0 aromatic heterocycles. The van der Waals surface area contributed by atoms with Gasteiger partial charge in [-0.05, 0) is 42.8 Å². The van der Waals surface area contributed by atoms with Crippen molar-refractivity contribution in [3.05, 3.63) is 58.4 Å². The molecule has 0 bridgehead atoms. The van der Waals surface area contributed by atoms with Gasteiger partial charge in [-0.3, -0.25) is 4.79 Å². The van der Waals surface area contributed by atoms with Gasteiger partial charge in [0, 0.05) is 15.6 Å². The summed E-state index contributed by atoms with van der Waals surface area (Å²) in [5, 5.41) is 3.18. The Kier molecular flexibility index (Phi) is 4.12. The van der Waals surface area contributed by atoms with Gasteiger partial charge in [0.15, 0.2) is 0 Å². The fourth-order valence-electron chi connectivity index (χ4n) is 1.62. The van der Waals surface area contributed by atoms with E-state index in [-0.39, 0.29) is 5.56 Å². The molecule has 1 N–H and O–H groups in total. The lowest BCUT2D eigenvalue weighted by Gasteiger charge is -2.10. The summed E-state index contributed by atoms with van der Waals surface area (Å²) in [6.45, 7) is 1.78. The molecule has 2 aromatic rings. The number of thiol groups is 1. The second-order valence-corrected chi connectivity index (χ2v) is 4.95. The van der Waals surface area contributed by atoms with Crippen molar-refractivity contribution in [3.8, 4) is 0 Å².